The number of non-ortho nitro benzene ring substituents is 1. The van der Waals surface area contributed by atoms with Gasteiger partial charge in [-0.1, -0.05) is 23.5 Å². The van der Waals surface area contributed by atoms with E-state index >= 15 is 0 Å². The largest absolute Gasteiger partial charge is 0.298 e. The van der Waals surface area contributed by atoms with Crippen LogP contribution in [0.2, 0.25) is 0 Å². The molecule has 3 rings (SSSR count). The fraction of sp³-hybridized carbons (Fsp3) is 0.0667. The van der Waals surface area contributed by atoms with Crippen molar-refractivity contribution in [2.75, 3.05) is 11.6 Å². The highest BCUT2D eigenvalue weighted by Gasteiger charge is 2.14. The fourth-order valence-corrected chi connectivity index (χ4v) is 3.59. The maximum absolute atomic E-state index is 12.2. The third kappa shape index (κ3) is 3.17. The van der Waals surface area contributed by atoms with Crippen LogP contribution in [-0.4, -0.2) is 22.1 Å². The van der Waals surface area contributed by atoms with E-state index in [0.717, 1.165) is 15.1 Å². The SMILES string of the molecule is CSc1cccc2sc(NC(=O)c3cccc([N+](=O)[O-])c3)nc12. The summed E-state index contributed by atoms with van der Waals surface area (Å²) < 4.78 is 0.978. The average Bonchev–Trinajstić information content (AvgIpc) is 2.97. The highest BCUT2D eigenvalue weighted by atomic mass is 32.2. The molecule has 0 aliphatic rings. The number of nitro groups is 1. The van der Waals surface area contributed by atoms with E-state index in [1.54, 1.807) is 11.8 Å². The first-order valence-corrected chi connectivity index (χ1v) is 8.62. The van der Waals surface area contributed by atoms with Gasteiger partial charge in [-0.15, -0.1) is 11.8 Å². The van der Waals surface area contributed by atoms with Gasteiger partial charge < -0.3 is 0 Å². The zero-order valence-electron chi connectivity index (χ0n) is 12.0. The van der Waals surface area contributed by atoms with Crippen molar-refractivity contribution in [3.05, 3.63) is 58.1 Å². The van der Waals surface area contributed by atoms with Crippen LogP contribution in [0.1, 0.15) is 10.4 Å². The van der Waals surface area contributed by atoms with Crippen LogP contribution in [-0.2, 0) is 0 Å². The number of carbonyl (C=O) groups is 1. The molecular weight excluding hydrogens is 334 g/mol. The Labute approximate surface area is 139 Å². The summed E-state index contributed by atoms with van der Waals surface area (Å²) >= 11 is 2.96. The van der Waals surface area contributed by atoms with Crippen molar-refractivity contribution in [3.63, 3.8) is 0 Å². The molecular formula is C15H11N3O3S2. The average molecular weight is 345 g/mol. The number of rotatable bonds is 4. The Morgan fingerprint density at radius 2 is 2.09 bits per heavy atom. The van der Waals surface area contributed by atoms with E-state index in [1.165, 1.54) is 35.6 Å². The van der Waals surface area contributed by atoms with E-state index < -0.39 is 10.8 Å². The molecule has 0 saturated heterocycles. The first kappa shape index (κ1) is 15.4. The van der Waals surface area contributed by atoms with Crippen LogP contribution in [0.15, 0.2) is 47.4 Å². The van der Waals surface area contributed by atoms with Gasteiger partial charge in [0, 0.05) is 22.6 Å². The molecule has 1 heterocycles. The molecule has 1 aromatic heterocycles. The third-order valence-electron chi connectivity index (χ3n) is 3.14. The van der Waals surface area contributed by atoms with Gasteiger partial charge in [-0.25, -0.2) is 4.98 Å². The molecule has 0 aliphatic heterocycles. The number of benzene rings is 2. The summed E-state index contributed by atoms with van der Waals surface area (Å²) in [5, 5.41) is 14.0. The number of nitrogens with one attached hydrogen (secondary N) is 1. The van der Waals surface area contributed by atoms with Crippen molar-refractivity contribution in [2.45, 2.75) is 4.90 Å². The van der Waals surface area contributed by atoms with Gasteiger partial charge in [0.1, 0.15) is 0 Å². The number of nitro benzene ring substituents is 1. The minimum absolute atomic E-state index is 0.119. The van der Waals surface area contributed by atoms with Crippen molar-refractivity contribution in [1.82, 2.24) is 4.98 Å². The molecule has 0 atom stereocenters. The van der Waals surface area contributed by atoms with Gasteiger partial charge in [0.05, 0.1) is 15.1 Å². The third-order valence-corrected chi connectivity index (χ3v) is 4.85. The van der Waals surface area contributed by atoms with Crippen LogP contribution < -0.4 is 5.32 Å². The van der Waals surface area contributed by atoms with E-state index in [9.17, 15) is 14.9 Å². The highest BCUT2D eigenvalue weighted by Crippen LogP contribution is 2.32. The predicted molar refractivity (Wildman–Crippen MR) is 92.5 cm³/mol. The summed E-state index contributed by atoms with van der Waals surface area (Å²) in [5.74, 6) is -0.418. The Morgan fingerprint density at radius 1 is 1.30 bits per heavy atom. The minimum atomic E-state index is -0.529. The van der Waals surface area contributed by atoms with Gasteiger partial charge in [-0.05, 0) is 24.5 Å². The van der Waals surface area contributed by atoms with Crippen molar-refractivity contribution in [1.29, 1.82) is 0 Å². The van der Waals surface area contributed by atoms with Gasteiger partial charge >= 0.3 is 0 Å². The van der Waals surface area contributed by atoms with E-state index in [1.807, 2.05) is 24.5 Å². The Morgan fingerprint density at radius 3 is 2.83 bits per heavy atom. The first-order valence-electron chi connectivity index (χ1n) is 6.58. The van der Waals surface area contributed by atoms with E-state index in [4.69, 9.17) is 0 Å². The van der Waals surface area contributed by atoms with Crippen LogP contribution >= 0.6 is 23.1 Å². The predicted octanol–water partition coefficient (Wildman–Crippen LogP) is 4.18. The lowest BCUT2D eigenvalue weighted by Crippen LogP contribution is -2.11. The molecule has 0 saturated carbocycles. The minimum Gasteiger partial charge on any atom is -0.298 e. The maximum Gasteiger partial charge on any atom is 0.270 e. The standard InChI is InChI=1S/C15H11N3O3S2/c1-22-11-6-3-7-12-13(11)16-15(23-12)17-14(19)9-4-2-5-10(8-9)18(20)21/h2-8H,1H3,(H,16,17,19). The number of thioether (sulfide) groups is 1. The molecule has 0 unspecified atom stereocenters. The lowest BCUT2D eigenvalue weighted by atomic mass is 10.2. The van der Waals surface area contributed by atoms with Gasteiger partial charge in [0.25, 0.3) is 11.6 Å². The highest BCUT2D eigenvalue weighted by molar-refractivity contribution is 7.98. The molecule has 2 aromatic carbocycles. The molecule has 23 heavy (non-hydrogen) atoms. The van der Waals surface area contributed by atoms with E-state index in [2.05, 4.69) is 10.3 Å². The van der Waals surface area contributed by atoms with Crippen molar-refractivity contribution in [2.24, 2.45) is 0 Å². The molecule has 1 amide bonds. The Bertz CT molecular complexity index is 908. The van der Waals surface area contributed by atoms with Crippen molar-refractivity contribution < 1.29 is 9.72 Å². The summed E-state index contributed by atoms with van der Waals surface area (Å²) in [7, 11) is 0. The van der Waals surface area contributed by atoms with Crippen LogP contribution in [0.5, 0.6) is 0 Å². The number of hydrogen-bond donors (Lipinski definition) is 1. The summed E-state index contributed by atoms with van der Waals surface area (Å²) in [5.41, 5.74) is 0.953. The topological polar surface area (TPSA) is 85.1 Å². The van der Waals surface area contributed by atoms with Gasteiger partial charge in [-0.3, -0.25) is 20.2 Å². The van der Waals surface area contributed by atoms with Crippen LogP contribution in [0, 0.1) is 10.1 Å². The number of para-hydroxylation sites is 1. The van der Waals surface area contributed by atoms with Crippen LogP contribution in [0.4, 0.5) is 10.8 Å². The van der Waals surface area contributed by atoms with Gasteiger partial charge in [0.15, 0.2) is 5.13 Å². The molecule has 0 bridgehead atoms. The lowest BCUT2D eigenvalue weighted by molar-refractivity contribution is -0.384. The number of carbonyl (C=O) groups excluding carboxylic acids is 1. The number of amides is 1. The van der Waals surface area contributed by atoms with Crippen molar-refractivity contribution in [3.8, 4) is 0 Å². The number of nitrogens with zero attached hydrogens (tertiary/aromatic N) is 2. The Hall–Kier alpha value is -2.45. The quantitative estimate of drug-likeness (QED) is 0.435. The summed E-state index contributed by atoms with van der Waals surface area (Å²) in [6.07, 6.45) is 1.97. The second-order valence-electron chi connectivity index (χ2n) is 4.59. The number of anilines is 1. The number of aromatic nitrogens is 1. The number of hydrogen-bond acceptors (Lipinski definition) is 6. The summed E-state index contributed by atoms with van der Waals surface area (Å²) in [4.78, 5) is 28.0. The molecule has 8 heteroatoms. The Kier molecular flexibility index (Phi) is 4.26. The molecule has 0 aliphatic carbocycles. The van der Waals surface area contributed by atoms with Gasteiger partial charge in [-0.2, -0.15) is 0 Å². The molecule has 1 N–H and O–H groups in total. The molecule has 3 aromatic rings. The molecule has 0 radical (unpaired) electrons. The first-order chi connectivity index (χ1) is 11.1. The normalized spacial score (nSPS) is 10.7. The maximum atomic E-state index is 12.2. The number of thiazole rings is 1. The second-order valence-corrected chi connectivity index (χ2v) is 6.47. The monoisotopic (exact) mass is 345 g/mol. The van der Waals surface area contributed by atoms with E-state index in [0.29, 0.717) is 5.13 Å². The fourth-order valence-electron chi connectivity index (χ4n) is 2.07. The van der Waals surface area contributed by atoms with Gasteiger partial charge in [0.2, 0.25) is 0 Å². The number of fused-ring (bicyclic) bond motifs is 1. The smallest absolute Gasteiger partial charge is 0.270 e. The Balaban J connectivity index is 1.88. The molecule has 116 valence electrons. The second kappa shape index (κ2) is 6.35. The molecule has 6 nitrogen and oxygen atoms in total. The van der Waals surface area contributed by atoms with Crippen molar-refractivity contribution >= 4 is 50.0 Å². The molecule has 0 fully saturated rings. The zero-order chi connectivity index (χ0) is 16.4. The van der Waals surface area contributed by atoms with Crippen LogP contribution in [0.3, 0.4) is 0 Å². The summed E-state index contributed by atoms with van der Waals surface area (Å²) in [6, 6.07) is 11.5. The lowest BCUT2D eigenvalue weighted by Gasteiger charge is -2.01. The van der Waals surface area contributed by atoms with E-state index in [-0.39, 0.29) is 11.3 Å². The molecule has 0 spiro atoms. The van der Waals surface area contributed by atoms with Crippen LogP contribution in [0.25, 0.3) is 10.2 Å². The zero-order valence-corrected chi connectivity index (χ0v) is 13.6. The summed E-state index contributed by atoms with van der Waals surface area (Å²) in [6.45, 7) is 0.